The van der Waals surface area contributed by atoms with Gasteiger partial charge in [-0.15, -0.1) is 0 Å². The van der Waals surface area contributed by atoms with Gasteiger partial charge in [-0.1, -0.05) is 18.2 Å². The maximum Gasteiger partial charge on any atom is 0.341 e. The first-order chi connectivity index (χ1) is 12.2. The molecule has 0 saturated heterocycles. The Morgan fingerprint density at radius 1 is 1.12 bits per heavy atom. The number of hydrogen-bond acceptors (Lipinski definition) is 5. The zero-order valence-corrected chi connectivity index (χ0v) is 14.8. The summed E-state index contributed by atoms with van der Waals surface area (Å²) in [5.41, 5.74) is 0.220. The van der Waals surface area contributed by atoms with Gasteiger partial charge >= 0.3 is 5.97 Å². The van der Waals surface area contributed by atoms with Crippen LogP contribution in [0.15, 0.2) is 48.5 Å². The first-order valence-electron chi connectivity index (χ1n) is 7.50. The highest BCUT2D eigenvalue weighted by atomic mass is 32.2. The van der Waals surface area contributed by atoms with Gasteiger partial charge in [-0.05, 0) is 37.3 Å². The maximum atomic E-state index is 13.1. The Morgan fingerprint density at radius 3 is 2.46 bits per heavy atom. The van der Waals surface area contributed by atoms with Gasteiger partial charge in [0.15, 0.2) is 6.10 Å². The summed E-state index contributed by atoms with van der Waals surface area (Å²) >= 11 is 0. The second kappa shape index (κ2) is 7.96. The molecule has 0 spiro atoms. The van der Waals surface area contributed by atoms with Crippen LogP contribution in [-0.2, 0) is 19.6 Å². The normalized spacial score (nSPS) is 12.1. The minimum absolute atomic E-state index is 0.0386. The van der Waals surface area contributed by atoms with Crippen LogP contribution in [0, 0.1) is 5.82 Å². The lowest BCUT2D eigenvalue weighted by Crippen LogP contribution is -2.30. The van der Waals surface area contributed by atoms with Crippen LogP contribution in [0.25, 0.3) is 0 Å². The third kappa shape index (κ3) is 5.55. The molecule has 2 aromatic rings. The van der Waals surface area contributed by atoms with Crippen molar-refractivity contribution in [1.82, 2.24) is 0 Å². The highest BCUT2D eigenvalue weighted by molar-refractivity contribution is 7.92. The van der Waals surface area contributed by atoms with Gasteiger partial charge in [-0.25, -0.2) is 17.6 Å². The van der Waals surface area contributed by atoms with Crippen molar-refractivity contribution in [1.29, 1.82) is 0 Å². The number of benzene rings is 2. The van der Waals surface area contributed by atoms with E-state index in [1.165, 1.54) is 43.3 Å². The van der Waals surface area contributed by atoms with Crippen molar-refractivity contribution in [2.24, 2.45) is 0 Å². The molecule has 26 heavy (non-hydrogen) atoms. The molecule has 9 heteroatoms. The lowest BCUT2D eigenvalue weighted by Gasteiger charge is -2.15. The Labute approximate surface area is 150 Å². The van der Waals surface area contributed by atoms with Crippen LogP contribution >= 0.6 is 0 Å². The van der Waals surface area contributed by atoms with E-state index in [9.17, 15) is 22.4 Å². The number of anilines is 2. The molecule has 2 rings (SSSR count). The number of sulfonamides is 1. The molecule has 0 aliphatic carbocycles. The van der Waals surface area contributed by atoms with E-state index in [0.29, 0.717) is 0 Å². The van der Waals surface area contributed by atoms with Crippen molar-refractivity contribution in [3.63, 3.8) is 0 Å². The molecule has 0 bridgehead atoms. The van der Waals surface area contributed by atoms with E-state index in [2.05, 4.69) is 10.0 Å². The first-order valence-corrected chi connectivity index (χ1v) is 9.39. The summed E-state index contributed by atoms with van der Waals surface area (Å²) in [5.74, 6) is -2.05. The SMILES string of the molecule is CC(OC(=O)c1ccccc1NS(C)(=O)=O)C(=O)Nc1cccc(F)c1. The van der Waals surface area contributed by atoms with Crippen LogP contribution in [0.5, 0.6) is 0 Å². The Bertz CT molecular complexity index is 930. The summed E-state index contributed by atoms with van der Waals surface area (Å²) < 4.78 is 43.2. The Kier molecular flexibility index (Phi) is 5.93. The van der Waals surface area contributed by atoms with Gasteiger partial charge < -0.3 is 10.1 Å². The molecule has 0 aromatic heterocycles. The molecule has 138 valence electrons. The quantitative estimate of drug-likeness (QED) is 0.749. The van der Waals surface area contributed by atoms with Crippen molar-refractivity contribution in [2.45, 2.75) is 13.0 Å². The fourth-order valence-electron chi connectivity index (χ4n) is 2.04. The van der Waals surface area contributed by atoms with E-state index in [-0.39, 0.29) is 16.9 Å². The molecule has 1 atom stereocenters. The minimum Gasteiger partial charge on any atom is -0.449 e. The third-order valence-corrected chi connectivity index (χ3v) is 3.78. The summed E-state index contributed by atoms with van der Waals surface area (Å²) in [7, 11) is -3.60. The molecule has 2 N–H and O–H groups in total. The second-order valence-corrected chi connectivity index (χ2v) is 7.22. The van der Waals surface area contributed by atoms with Gasteiger partial charge in [0.2, 0.25) is 10.0 Å². The maximum absolute atomic E-state index is 13.1. The molecular weight excluding hydrogens is 363 g/mol. The third-order valence-electron chi connectivity index (χ3n) is 3.19. The Morgan fingerprint density at radius 2 is 1.81 bits per heavy atom. The lowest BCUT2D eigenvalue weighted by molar-refractivity contribution is -0.123. The van der Waals surface area contributed by atoms with Gasteiger partial charge in [0.05, 0.1) is 17.5 Å². The van der Waals surface area contributed by atoms with Crippen LogP contribution in [-0.4, -0.2) is 32.7 Å². The van der Waals surface area contributed by atoms with E-state index >= 15 is 0 Å². The largest absolute Gasteiger partial charge is 0.449 e. The molecule has 1 unspecified atom stereocenters. The van der Waals surface area contributed by atoms with Crippen molar-refractivity contribution in [3.05, 3.63) is 59.9 Å². The Hall–Kier alpha value is -2.94. The molecular formula is C17H17FN2O5S. The first kappa shape index (κ1) is 19.4. The molecule has 0 aliphatic rings. The van der Waals surface area contributed by atoms with E-state index < -0.39 is 33.8 Å². The number of esters is 1. The molecule has 0 radical (unpaired) electrons. The summed E-state index contributed by atoms with van der Waals surface area (Å²) in [6, 6.07) is 11.1. The fraction of sp³-hybridized carbons (Fsp3) is 0.176. The monoisotopic (exact) mass is 380 g/mol. The number of nitrogens with one attached hydrogen (secondary N) is 2. The average Bonchev–Trinajstić information content (AvgIpc) is 2.53. The summed E-state index contributed by atoms with van der Waals surface area (Å²) in [6.45, 7) is 1.35. The summed E-state index contributed by atoms with van der Waals surface area (Å²) in [5, 5.41) is 2.42. The molecule has 7 nitrogen and oxygen atoms in total. The number of rotatable bonds is 6. The van der Waals surface area contributed by atoms with Crippen LogP contribution in [0.4, 0.5) is 15.8 Å². The predicted octanol–water partition coefficient (Wildman–Crippen LogP) is 2.38. The standard InChI is InChI=1S/C17H17FN2O5S/c1-11(16(21)19-13-7-5-6-12(18)10-13)25-17(22)14-8-3-4-9-15(14)20-26(2,23)24/h3-11,20H,1-2H3,(H,19,21). The van der Waals surface area contributed by atoms with Gasteiger partial charge in [-0.3, -0.25) is 9.52 Å². The van der Waals surface area contributed by atoms with Crippen LogP contribution in [0.2, 0.25) is 0 Å². The van der Waals surface area contributed by atoms with Crippen LogP contribution in [0.1, 0.15) is 17.3 Å². The molecule has 1 amide bonds. The van der Waals surface area contributed by atoms with Crippen molar-refractivity contribution >= 4 is 33.3 Å². The number of halogens is 1. The molecule has 0 fully saturated rings. The molecule has 0 aliphatic heterocycles. The zero-order valence-electron chi connectivity index (χ0n) is 14.0. The highest BCUT2D eigenvalue weighted by Gasteiger charge is 2.21. The van der Waals surface area contributed by atoms with Crippen molar-refractivity contribution < 1.29 is 27.1 Å². The van der Waals surface area contributed by atoms with Crippen LogP contribution < -0.4 is 10.0 Å². The van der Waals surface area contributed by atoms with Crippen LogP contribution in [0.3, 0.4) is 0 Å². The smallest absolute Gasteiger partial charge is 0.341 e. The number of carbonyl (C=O) groups is 2. The number of para-hydroxylation sites is 1. The van der Waals surface area contributed by atoms with Gasteiger partial charge in [-0.2, -0.15) is 0 Å². The van der Waals surface area contributed by atoms with E-state index in [1.54, 1.807) is 6.07 Å². The molecule has 0 saturated carbocycles. The predicted molar refractivity (Wildman–Crippen MR) is 94.8 cm³/mol. The number of ether oxygens (including phenoxy) is 1. The minimum atomic E-state index is -3.60. The van der Waals surface area contributed by atoms with Gasteiger partial charge in [0, 0.05) is 5.69 Å². The molecule has 0 heterocycles. The molecule has 2 aromatic carbocycles. The van der Waals surface area contributed by atoms with Crippen molar-refractivity contribution in [2.75, 3.05) is 16.3 Å². The van der Waals surface area contributed by atoms with Crippen molar-refractivity contribution in [3.8, 4) is 0 Å². The Balaban J connectivity index is 2.08. The van der Waals surface area contributed by atoms with Gasteiger partial charge in [0.1, 0.15) is 5.82 Å². The van der Waals surface area contributed by atoms with E-state index in [1.807, 2.05) is 0 Å². The number of amides is 1. The van der Waals surface area contributed by atoms with E-state index in [4.69, 9.17) is 4.74 Å². The summed E-state index contributed by atoms with van der Waals surface area (Å²) in [4.78, 5) is 24.4. The number of carbonyl (C=O) groups excluding carboxylic acids is 2. The average molecular weight is 380 g/mol. The fourth-order valence-corrected chi connectivity index (χ4v) is 2.62. The topological polar surface area (TPSA) is 102 Å². The highest BCUT2D eigenvalue weighted by Crippen LogP contribution is 2.18. The van der Waals surface area contributed by atoms with Gasteiger partial charge in [0.25, 0.3) is 5.91 Å². The summed E-state index contributed by atoms with van der Waals surface area (Å²) in [6.07, 6.45) is -0.235. The van der Waals surface area contributed by atoms with E-state index in [0.717, 1.165) is 12.3 Å². The lowest BCUT2D eigenvalue weighted by atomic mass is 10.2. The zero-order chi connectivity index (χ0) is 19.3. The number of hydrogen-bond donors (Lipinski definition) is 2. The second-order valence-electron chi connectivity index (χ2n) is 5.47.